The highest BCUT2D eigenvalue weighted by molar-refractivity contribution is 9.10. The van der Waals surface area contributed by atoms with E-state index < -0.39 is 18.4 Å². The number of Topliss-reactive ketones (excluding diaryl/α,β-unsaturated/α-hetero) is 1. The summed E-state index contributed by atoms with van der Waals surface area (Å²) >= 11 is 3.44. The van der Waals surface area contributed by atoms with E-state index in [1.54, 1.807) is 54.6 Å². The summed E-state index contributed by atoms with van der Waals surface area (Å²) in [4.78, 5) is 58.4. The SMILES string of the molecule is O=C(COC(=O)c1cc(-c2ccc(N3C(=O)C4C5CCC(C5)C4C3=O)cc2)nc2ccc(Br)cc12)c1ccccc1O. The number of hydrogen-bond donors (Lipinski definition) is 1. The Labute approximate surface area is 249 Å². The van der Waals surface area contributed by atoms with E-state index >= 15 is 0 Å². The topological polar surface area (TPSA) is 114 Å². The molecule has 2 bridgehead atoms. The van der Waals surface area contributed by atoms with E-state index in [9.17, 15) is 24.3 Å². The first-order valence-corrected chi connectivity index (χ1v) is 14.7. The Morgan fingerprint density at radius 2 is 1.60 bits per heavy atom. The molecular formula is C33H25BrN2O6. The number of para-hydroxylation sites is 1. The molecule has 210 valence electrons. The number of carbonyl (C=O) groups is 4. The maximum Gasteiger partial charge on any atom is 0.339 e. The van der Waals surface area contributed by atoms with Crippen LogP contribution in [0.25, 0.3) is 22.2 Å². The fraction of sp³-hybridized carbons (Fsp3) is 0.242. The molecule has 1 aromatic heterocycles. The minimum atomic E-state index is -0.712. The average Bonchev–Trinajstić information content (AvgIpc) is 3.69. The number of halogens is 1. The van der Waals surface area contributed by atoms with Crippen LogP contribution in [0.1, 0.15) is 40.0 Å². The lowest BCUT2D eigenvalue weighted by molar-refractivity contribution is -0.123. The van der Waals surface area contributed by atoms with Crippen molar-refractivity contribution in [3.8, 4) is 17.0 Å². The van der Waals surface area contributed by atoms with Gasteiger partial charge >= 0.3 is 5.97 Å². The highest BCUT2D eigenvalue weighted by atomic mass is 79.9. The fourth-order valence-corrected chi connectivity index (χ4v) is 7.32. The summed E-state index contributed by atoms with van der Waals surface area (Å²) < 4.78 is 6.12. The molecule has 3 fully saturated rings. The first-order valence-electron chi connectivity index (χ1n) is 13.9. The van der Waals surface area contributed by atoms with Crippen molar-refractivity contribution in [3.05, 3.63) is 88.4 Å². The fourth-order valence-electron chi connectivity index (χ4n) is 6.96. The van der Waals surface area contributed by atoms with E-state index in [0.29, 0.717) is 39.7 Å². The summed E-state index contributed by atoms with van der Waals surface area (Å²) in [5.74, 6) is -1.37. The van der Waals surface area contributed by atoms with Crippen molar-refractivity contribution in [1.29, 1.82) is 0 Å². The van der Waals surface area contributed by atoms with Crippen molar-refractivity contribution in [2.24, 2.45) is 23.7 Å². The Kier molecular flexibility index (Phi) is 6.42. The third kappa shape index (κ3) is 4.30. The van der Waals surface area contributed by atoms with Crippen LogP contribution < -0.4 is 4.90 Å². The Bertz CT molecular complexity index is 1770. The highest BCUT2D eigenvalue weighted by Crippen LogP contribution is 2.56. The number of pyridine rings is 1. The maximum atomic E-state index is 13.3. The van der Waals surface area contributed by atoms with Gasteiger partial charge in [-0.25, -0.2) is 9.78 Å². The molecule has 4 atom stereocenters. The lowest BCUT2D eigenvalue weighted by Gasteiger charge is -2.19. The first-order chi connectivity index (χ1) is 20.3. The van der Waals surface area contributed by atoms with Crippen molar-refractivity contribution < 1.29 is 29.0 Å². The van der Waals surface area contributed by atoms with Gasteiger partial charge in [0.15, 0.2) is 6.61 Å². The standard InChI is InChI=1S/C33H25BrN2O6/c34-20-9-12-25-23(14-20)24(33(41)42-16-28(38)22-3-1-2-4-27(22)37)15-26(35-25)17-7-10-21(11-8-17)36-31(39)29-18-5-6-19(13-18)30(29)32(36)40/h1-4,7-12,14-15,18-19,29-30,37H,5-6,13,16H2. The van der Waals surface area contributed by atoms with Gasteiger partial charge in [-0.1, -0.05) is 40.2 Å². The third-order valence-corrected chi connectivity index (χ3v) is 9.37. The van der Waals surface area contributed by atoms with E-state index in [-0.39, 0.29) is 40.5 Å². The number of ether oxygens (including phenoxy) is 1. The van der Waals surface area contributed by atoms with Crippen molar-refractivity contribution in [1.82, 2.24) is 4.98 Å². The molecule has 1 N–H and O–H groups in total. The van der Waals surface area contributed by atoms with E-state index in [0.717, 1.165) is 23.7 Å². The van der Waals surface area contributed by atoms with Crippen LogP contribution >= 0.6 is 15.9 Å². The number of phenols is 1. The number of imide groups is 1. The Hall–Kier alpha value is -4.37. The second-order valence-electron chi connectivity index (χ2n) is 11.2. The van der Waals surface area contributed by atoms with Crippen LogP contribution in [0.3, 0.4) is 0 Å². The summed E-state index contributed by atoms with van der Waals surface area (Å²) in [5.41, 5.74) is 2.55. The quantitative estimate of drug-likeness (QED) is 0.160. The second kappa shape index (κ2) is 10.2. The molecule has 9 heteroatoms. The van der Waals surface area contributed by atoms with Gasteiger partial charge < -0.3 is 9.84 Å². The number of aromatic hydroxyl groups is 1. The minimum Gasteiger partial charge on any atom is -0.507 e. The average molecular weight is 625 g/mol. The molecule has 7 rings (SSSR count). The number of carbonyl (C=O) groups excluding carboxylic acids is 4. The molecule has 4 unspecified atom stereocenters. The zero-order chi connectivity index (χ0) is 29.1. The van der Waals surface area contributed by atoms with Gasteiger partial charge in [0.05, 0.1) is 39.9 Å². The van der Waals surface area contributed by atoms with Gasteiger partial charge in [0.25, 0.3) is 0 Å². The number of nitrogens with zero attached hydrogens (tertiary/aromatic N) is 2. The van der Waals surface area contributed by atoms with Gasteiger partial charge in [-0.3, -0.25) is 19.3 Å². The molecule has 2 heterocycles. The van der Waals surface area contributed by atoms with Gasteiger partial charge in [-0.2, -0.15) is 0 Å². The van der Waals surface area contributed by atoms with Crippen LogP contribution in [0.2, 0.25) is 0 Å². The molecular weight excluding hydrogens is 600 g/mol. The number of fused-ring (bicyclic) bond motifs is 6. The Morgan fingerprint density at radius 3 is 2.29 bits per heavy atom. The van der Waals surface area contributed by atoms with E-state index in [1.807, 2.05) is 6.07 Å². The highest BCUT2D eigenvalue weighted by Gasteiger charge is 2.61. The number of anilines is 1. The molecule has 1 saturated heterocycles. The summed E-state index contributed by atoms with van der Waals surface area (Å²) in [6.45, 7) is -0.542. The van der Waals surface area contributed by atoms with Gasteiger partial charge in [-0.05, 0) is 79.6 Å². The summed E-state index contributed by atoms with van der Waals surface area (Å²) in [7, 11) is 0. The number of hydrogen-bond acceptors (Lipinski definition) is 7. The molecule has 1 aliphatic heterocycles. The molecule has 2 amide bonds. The number of rotatable bonds is 6. The number of esters is 1. The zero-order valence-corrected chi connectivity index (χ0v) is 23.9. The van der Waals surface area contributed by atoms with E-state index in [1.165, 1.54) is 17.0 Å². The molecule has 3 aliphatic rings. The van der Waals surface area contributed by atoms with Gasteiger partial charge in [0, 0.05) is 15.4 Å². The van der Waals surface area contributed by atoms with E-state index in [2.05, 4.69) is 15.9 Å². The minimum absolute atomic E-state index is 0.0691. The van der Waals surface area contributed by atoms with Gasteiger partial charge in [0.2, 0.25) is 17.6 Å². The zero-order valence-electron chi connectivity index (χ0n) is 22.3. The largest absolute Gasteiger partial charge is 0.507 e. The number of ketones is 1. The summed E-state index contributed by atoms with van der Waals surface area (Å²) in [6.07, 6.45) is 3.03. The Balaban J connectivity index is 1.17. The van der Waals surface area contributed by atoms with Crippen LogP contribution in [0, 0.1) is 23.7 Å². The van der Waals surface area contributed by atoms with Gasteiger partial charge in [-0.15, -0.1) is 0 Å². The van der Waals surface area contributed by atoms with Crippen molar-refractivity contribution in [2.45, 2.75) is 19.3 Å². The molecule has 0 spiro atoms. The lowest BCUT2D eigenvalue weighted by atomic mass is 9.81. The predicted octanol–water partition coefficient (Wildman–Crippen LogP) is 5.95. The van der Waals surface area contributed by atoms with Crippen LogP contribution in [-0.2, 0) is 14.3 Å². The number of phenolic OH excluding ortho intramolecular Hbond substituents is 1. The number of benzene rings is 3. The van der Waals surface area contributed by atoms with Crippen LogP contribution in [-0.4, -0.2) is 40.3 Å². The third-order valence-electron chi connectivity index (χ3n) is 8.88. The van der Waals surface area contributed by atoms with Crippen LogP contribution in [0.5, 0.6) is 5.75 Å². The Morgan fingerprint density at radius 1 is 0.905 bits per heavy atom. The molecule has 2 aliphatic carbocycles. The van der Waals surface area contributed by atoms with Gasteiger partial charge in [0.1, 0.15) is 5.75 Å². The number of aromatic nitrogens is 1. The molecule has 42 heavy (non-hydrogen) atoms. The van der Waals surface area contributed by atoms with Crippen LogP contribution in [0.4, 0.5) is 5.69 Å². The smallest absolute Gasteiger partial charge is 0.339 e. The number of amides is 2. The summed E-state index contributed by atoms with van der Waals surface area (Å²) in [5, 5.41) is 10.5. The molecule has 4 aromatic rings. The monoisotopic (exact) mass is 624 g/mol. The lowest BCUT2D eigenvalue weighted by Crippen LogP contribution is -2.32. The molecule has 2 saturated carbocycles. The van der Waals surface area contributed by atoms with Crippen LogP contribution in [0.15, 0.2) is 77.3 Å². The summed E-state index contributed by atoms with van der Waals surface area (Å²) in [6, 6.07) is 20.1. The molecule has 3 aromatic carbocycles. The second-order valence-corrected chi connectivity index (χ2v) is 12.1. The molecule has 8 nitrogen and oxygen atoms in total. The van der Waals surface area contributed by atoms with Crippen molar-refractivity contribution in [3.63, 3.8) is 0 Å². The predicted molar refractivity (Wildman–Crippen MR) is 158 cm³/mol. The first kappa shape index (κ1) is 26.5. The normalized spacial score (nSPS) is 22.5. The van der Waals surface area contributed by atoms with Crippen molar-refractivity contribution in [2.75, 3.05) is 11.5 Å². The van der Waals surface area contributed by atoms with Crippen molar-refractivity contribution >= 4 is 56.1 Å². The van der Waals surface area contributed by atoms with E-state index in [4.69, 9.17) is 9.72 Å². The molecule has 0 radical (unpaired) electrons. The maximum absolute atomic E-state index is 13.3.